The lowest BCUT2D eigenvalue weighted by atomic mass is 10.0. The Labute approximate surface area is 125 Å². The van der Waals surface area contributed by atoms with Crippen LogP contribution in [0.5, 0.6) is 5.75 Å². The second-order valence-corrected chi connectivity index (χ2v) is 5.78. The molecule has 1 unspecified atom stereocenters. The van der Waals surface area contributed by atoms with Crippen molar-refractivity contribution in [2.45, 2.75) is 32.2 Å². The number of phenolic OH excluding ortho intramolecular Hbond substituents is 1. The van der Waals surface area contributed by atoms with E-state index in [1.54, 1.807) is 6.07 Å². The van der Waals surface area contributed by atoms with E-state index in [1.807, 2.05) is 24.4 Å². The standard InChI is InChI=1S/C17H23N3O/c1-2-8-18-14-4-3-10-20(12-14)17-16-11-15(21)6-5-13(16)7-9-19-17/h5-7,9,11,14,18,21H,2-4,8,10,12H2,1H3. The average molecular weight is 285 g/mol. The minimum atomic E-state index is 0.300. The second-order valence-electron chi connectivity index (χ2n) is 5.78. The van der Waals surface area contributed by atoms with Gasteiger partial charge in [-0.05, 0) is 49.4 Å². The molecule has 1 aromatic carbocycles. The summed E-state index contributed by atoms with van der Waals surface area (Å²) in [5.74, 6) is 1.29. The van der Waals surface area contributed by atoms with E-state index in [2.05, 4.69) is 22.1 Å². The number of phenols is 1. The molecule has 1 atom stereocenters. The van der Waals surface area contributed by atoms with Crippen LogP contribution < -0.4 is 10.2 Å². The van der Waals surface area contributed by atoms with E-state index in [-0.39, 0.29) is 0 Å². The Morgan fingerprint density at radius 3 is 3.14 bits per heavy atom. The zero-order chi connectivity index (χ0) is 14.7. The van der Waals surface area contributed by atoms with Crippen LogP contribution in [0.25, 0.3) is 10.8 Å². The average Bonchev–Trinajstić information content (AvgIpc) is 2.52. The third kappa shape index (κ3) is 3.10. The van der Waals surface area contributed by atoms with E-state index < -0.39 is 0 Å². The Hall–Kier alpha value is -1.81. The molecule has 1 saturated heterocycles. The van der Waals surface area contributed by atoms with Crippen molar-refractivity contribution in [3.63, 3.8) is 0 Å². The third-order valence-corrected chi connectivity index (χ3v) is 4.13. The lowest BCUT2D eigenvalue weighted by Crippen LogP contribution is -2.46. The highest BCUT2D eigenvalue weighted by molar-refractivity contribution is 5.93. The number of aromatic hydroxyl groups is 1. The van der Waals surface area contributed by atoms with Gasteiger partial charge in [0.15, 0.2) is 0 Å². The van der Waals surface area contributed by atoms with Crippen molar-refractivity contribution in [2.24, 2.45) is 0 Å². The quantitative estimate of drug-likeness (QED) is 0.907. The number of piperidine rings is 1. The van der Waals surface area contributed by atoms with Gasteiger partial charge in [-0.1, -0.05) is 13.0 Å². The number of nitrogens with zero attached hydrogens (tertiary/aromatic N) is 2. The summed E-state index contributed by atoms with van der Waals surface area (Å²) in [7, 11) is 0. The van der Waals surface area contributed by atoms with Crippen molar-refractivity contribution in [3.05, 3.63) is 30.5 Å². The molecular formula is C17H23N3O. The van der Waals surface area contributed by atoms with Gasteiger partial charge in [0.2, 0.25) is 0 Å². The molecule has 1 aliphatic heterocycles. The fraction of sp³-hybridized carbons (Fsp3) is 0.471. The molecule has 4 heteroatoms. The summed E-state index contributed by atoms with van der Waals surface area (Å²) in [6, 6.07) is 8.03. The first-order valence-corrected chi connectivity index (χ1v) is 7.84. The van der Waals surface area contributed by atoms with Crippen molar-refractivity contribution < 1.29 is 5.11 Å². The largest absolute Gasteiger partial charge is 0.508 e. The molecule has 0 spiro atoms. The van der Waals surface area contributed by atoms with E-state index in [1.165, 1.54) is 12.8 Å². The van der Waals surface area contributed by atoms with Crippen LogP contribution in [0.3, 0.4) is 0 Å². The van der Waals surface area contributed by atoms with Crippen LogP contribution >= 0.6 is 0 Å². The number of fused-ring (bicyclic) bond motifs is 1. The Bertz CT molecular complexity index is 614. The SMILES string of the molecule is CCCNC1CCCN(c2nccc3ccc(O)cc23)C1. The second kappa shape index (κ2) is 6.31. The van der Waals surface area contributed by atoms with Crippen LogP contribution in [0.1, 0.15) is 26.2 Å². The molecule has 112 valence electrons. The summed E-state index contributed by atoms with van der Waals surface area (Å²) in [4.78, 5) is 6.92. The first-order valence-electron chi connectivity index (χ1n) is 7.84. The van der Waals surface area contributed by atoms with Gasteiger partial charge in [-0.3, -0.25) is 0 Å². The Morgan fingerprint density at radius 2 is 2.29 bits per heavy atom. The van der Waals surface area contributed by atoms with Crippen molar-refractivity contribution in [3.8, 4) is 5.75 Å². The number of anilines is 1. The lowest BCUT2D eigenvalue weighted by Gasteiger charge is -2.34. The Balaban J connectivity index is 1.87. The van der Waals surface area contributed by atoms with Gasteiger partial charge in [0.25, 0.3) is 0 Å². The molecule has 2 aromatic rings. The topological polar surface area (TPSA) is 48.4 Å². The van der Waals surface area contributed by atoms with Crippen LogP contribution in [0.2, 0.25) is 0 Å². The smallest absolute Gasteiger partial charge is 0.136 e. The summed E-state index contributed by atoms with van der Waals surface area (Å²) in [6.45, 7) is 5.29. The fourth-order valence-electron chi connectivity index (χ4n) is 3.08. The van der Waals surface area contributed by atoms with Crippen molar-refractivity contribution in [1.82, 2.24) is 10.3 Å². The highest BCUT2D eigenvalue weighted by Crippen LogP contribution is 2.29. The van der Waals surface area contributed by atoms with E-state index in [4.69, 9.17) is 0 Å². The van der Waals surface area contributed by atoms with Crippen LogP contribution in [0.4, 0.5) is 5.82 Å². The third-order valence-electron chi connectivity index (χ3n) is 4.13. The highest BCUT2D eigenvalue weighted by Gasteiger charge is 2.21. The van der Waals surface area contributed by atoms with Gasteiger partial charge in [-0.15, -0.1) is 0 Å². The molecule has 1 aliphatic rings. The van der Waals surface area contributed by atoms with Crippen LogP contribution in [-0.4, -0.2) is 35.8 Å². The summed E-state index contributed by atoms with van der Waals surface area (Å²) >= 11 is 0. The molecule has 3 rings (SSSR count). The van der Waals surface area contributed by atoms with Gasteiger partial charge in [-0.2, -0.15) is 0 Å². The number of pyridine rings is 1. The molecule has 1 fully saturated rings. The van der Waals surface area contributed by atoms with Gasteiger partial charge in [0.1, 0.15) is 11.6 Å². The zero-order valence-corrected chi connectivity index (χ0v) is 12.5. The van der Waals surface area contributed by atoms with E-state index >= 15 is 0 Å². The van der Waals surface area contributed by atoms with E-state index in [9.17, 15) is 5.11 Å². The molecule has 0 radical (unpaired) electrons. The van der Waals surface area contributed by atoms with Gasteiger partial charge in [0.05, 0.1) is 0 Å². The molecular weight excluding hydrogens is 262 g/mol. The summed E-state index contributed by atoms with van der Waals surface area (Å²) in [5.41, 5.74) is 0. The molecule has 0 saturated carbocycles. The van der Waals surface area contributed by atoms with E-state index in [0.29, 0.717) is 11.8 Å². The number of nitrogens with one attached hydrogen (secondary N) is 1. The highest BCUT2D eigenvalue weighted by atomic mass is 16.3. The minimum absolute atomic E-state index is 0.300. The molecule has 4 nitrogen and oxygen atoms in total. The predicted octanol–water partition coefficient (Wildman–Crippen LogP) is 2.91. The zero-order valence-electron chi connectivity index (χ0n) is 12.5. The van der Waals surface area contributed by atoms with Gasteiger partial charge < -0.3 is 15.3 Å². The maximum atomic E-state index is 9.76. The van der Waals surface area contributed by atoms with E-state index in [0.717, 1.165) is 42.6 Å². The minimum Gasteiger partial charge on any atom is -0.508 e. The molecule has 21 heavy (non-hydrogen) atoms. The predicted molar refractivity (Wildman–Crippen MR) is 86.9 cm³/mol. The number of hydrogen-bond donors (Lipinski definition) is 2. The van der Waals surface area contributed by atoms with Gasteiger partial charge >= 0.3 is 0 Å². The number of aromatic nitrogens is 1. The first kappa shape index (κ1) is 14.1. The summed E-state index contributed by atoms with van der Waals surface area (Å²) in [6.07, 6.45) is 5.43. The number of rotatable bonds is 4. The van der Waals surface area contributed by atoms with Crippen LogP contribution in [0, 0.1) is 0 Å². The summed E-state index contributed by atoms with van der Waals surface area (Å²) in [5, 5.41) is 15.5. The fourth-order valence-corrected chi connectivity index (χ4v) is 3.08. The molecule has 2 heterocycles. The number of benzene rings is 1. The summed E-state index contributed by atoms with van der Waals surface area (Å²) < 4.78 is 0. The van der Waals surface area contributed by atoms with Crippen molar-refractivity contribution in [2.75, 3.05) is 24.5 Å². The molecule has 0 aliphatic carbocycles. The monoisotopic (exact) mass is 285 g/mol. The van der Waals surface area contributed by atoms with Gasteiger partial charge in [-0.25, -0.2) is 4.98 Å². The first-order chi connectivity index (χ1) is 10.3. The molecule has 0 amide bonds. The Kier molecular flexibility index (Phi) is 4.25. The van der Waals surface area contributed by atoms with Crippen LogP contribution in [-0.2, 0) is 0 Å². The Morgan fingerprint density at radius 1 is 1.38 bits per heavy atom. The van der Waals surface area contributed by atoms with Crippen molar-refractivity contribution in [1.29, 1.82) is 0 Å². The molecule has 2 N–H and O–H groups in total. The number of hydrogen-bond acceptors (Lipinski definition) is 4. The maximum absolute atomic E-state index is 9.76. The molecule has 0 bridgehead atoms. The lowest BCUT2D eigenvalue weighted by molar-refractivity contribution is 0.422. The normalized spacial score (nSPS) is 19.1. The van der Waals surface area contributed by atoms with Crippen molar-refractivity contribution >= 4 is 16.6 Å². The van der Waals surface area contributed by atoms with Gasteiger partial charge in [0, 0.05) is 30.7 Å². The maximum Gasteiger partial charge on any atom is 0.136 e. The van der Waals surface area contributed by atoms with Crippen LogP contribution in [0.15, 0.2) is 30.5 Å². The molecule has 1 aromatic heterocycles.